The Labute approximate surface area is 111 Å². The predicted octanol–water partition coefficient (Wildman–Crippen LogP) is -2.99. The largest absolute Gasteiger partial charge is 1.00 e. The number of carboxylic acids is 1. The van der Waals surface area contributed by atoms with Gasteiger partial charge in [-0.05, 0) is 12.5 Å². The second-order valence-corrected chi connectivity index (χ2v) is 3.66. The first-order valence-corrected chi connectivity index (χ1v) is 4.70. The van der Waals surface area contributed by atoms with Crippen LogP contribution in [0, 0.1) is 0 Å². The van der Waals surface area contributed by atoms with Gasteiger partial charge in [0.15, 0.2) is 0 Å². The molecule has 0 saturated carbocycles. The molecule has 1 aromatic carbocycles. The van der Waals surface area contributed by atoms with Gasteiger partial charge >= 0.3 is 29.6 Å². The Bertz CT molecular complexity index is 342. The molecule has 1 saturated heterocycles. The molecule has 1 aromatic rings. The van der Waals surface area contributed by atoms with Crippen molar-refractivity contribution in [1.82, 2.24) is 4.90 Å². The normalized spacial score (nSPS) is 27.9. The van der Waals surface area contributed by atoms with E-state index in [-0.39, 0.29) is 35.6 Å². The molecular weight excluding hydrogens is 201 g/mol. The third-order valence-corrected chi connectivity index (χ3v) is 2.70. The van der Waals surface area contributed by atoms with Crippen LogP contribution in [-0.4, -0.2) is 23.0 Å². The van der Waals surface area contributed by atoms with Gasteiger partial charge in [0.2, 0.25) is 0 Å². The van der Waals surface area contributed by atoms with Gasteiger partial charge in [0, 0.05) is 12.6 Å². The average Bonchev–Trinajstić information content (AvgIpc) is 2.78. The zero-order valence-electron chi connectivity index (χ0n) is 9.01. The van der Waals surface area contributed by atoms with Crippen molar-refractivity contribution >= 4 is 5.97 Å². The summed E-state index contributed by atoms with van der Waals surface area (Å²) in [5.74, 6) is -0.964. The second kappa shape index (κ2) is 5.12. The molecule has 74 valence electrons. The first kappa shape index (κ1) is 12.7. The van der Waals surface area contributed by atoms with E-state index in [1.54, 1.807) is 0 Å². The molecule has 0 aliphatic carbocycles. The van der Waals surface area contributed by atoms with Crippen LogP contribution in [0.4, 0.5) is 0 Å². The van der Waals surface area contributed by atoms with Gasteiger partial charge in [0.25, 0.3) is 0 Å². The first-order valence-electron chi connectivity index (χ1n) is 4.70. The van der Waals surface area contributed by atoms with E-state index in [2.05, 4.69) is 0 Å². The van der Waals surface area contributed by atoms with E-state index in [9.17, 15) is 9.90 Å². The molecule has 1 heterocycles. The predicted molar refractivity (Wildman–Crippen MR) is 50.2 cm³/mol. The molecule has 3 atom stereocenters. The molecule has 1 aliphatic rings. The fourth-order valence-electron chi connectivity index (χ4n) is 1.78. The van der Waals surface area contributed by atoms with Crippen LogP contribution in [0.1, 0.15) is 12.5 Å². The van der Waals surface area contributed by atoms with Gasteiger partial charge in [0.1, 0.15) is 0 Å². The summed E-state index contributed by atoms with van der Waals surface area (Å²) < 4.78 is 0. The minimum absolute atomic E-state index is 0. The van der Waals surface area contributed by atoms with E-state index in [4.69, 9.17) is 0 Å². The fourth-order valence-corrected chi connectivity index (χ4v) is 1.78. The Hall–Kier alpha value is -0.350. The summed E-state index contributed by atoms with van der Waals surface area (Å²) in [6.45, 7) is 2.60. The zero-order chi connectivity index (χ0) is 10.1. The van der Waals surface area contributed by atoms with Crippen LogP contribution in [0.5, 0.6) is 0 Å². The number of benzene rings is 1. The van der Waals surface area contributed by atoms with Gasteiger partial charge in [-0.15, -0.1) is 0 Å². The zero-order valence-corrected chi connectivity index (χ0v) is 11.0. The van der Waals surface area contributed by atoms with Crippen LogP contribution < -0.4 is 34.7 Å². The van der Waals surface area contributed by atoms with Crippen molar-refractivity contribution in [3.63, 3.8) is 0 Å². The smallest absolute Gasteiger partial charge is 0.548 e. The number of aliphatic carboxylic acids is 1. The van der Waals surface area contributed by atoms with Crippen molar-refractivity contribution in [3.05, 3.63) is 35.9 Å². The molecular formula is C11H12NNaO2. The molecule has 1 fully saturated rings. The van der Waals surface area contributed by atoms with Crippen LogP contribution >= 0.6 is 0 Å². The minimum atomic E-state index is -0.964. The molecule has 0 amide bonds. The Balaban J connectivity index is 0.00000112. The van der Waals surface area contributed by atoms with E-state index >= 15 is 0 Å². The SMILES string of the molecule is C[C@H]1[C@@H](C(=O)[O-])N1Cc1ccccc1.[Na+]. The van der Waals surface area contributed by atoms with Crippen LogP contribution in [0.25, 0.3) is 0 Å². The van der Waals surface area contributed by atoms with Crippen molar-refractivity contribution in [3.8, 4) is 0 Å². The Kier molecular flexibility index (Phi) is 4.34. The van der Waals surface area contributed by atoms with E-state index < -0.39 is 12.0 Å². The minimum Gasteiger partial charge on any atom is -0.548 e. The second-order valence-electron chi connectivity index (χ2n) is 3.66. The Morgan fingerprint density at radius 1 is 1.40 bits per heavy atom. The molecule has 0 aromatic heterocycles. The van der Waals surface area contributed by atoms with Crippen molar-refractivity contribution in [2.24, 2.45) is 0 Å². The maximum Gasteiger partial charge on any atom is 1.00 e. The van der Waals surface area contributed by atoms with Gasteiger partial charge in [-0.3, -0.25) is 4.90 Å². The summed E-state index contributed by atoms with van der Waals surface area (Å²) >= 11 is 0. The standard InChI is InChI=1S/C11H13NO2.Na/c1-8-10(11(13)14)12(8)7-9-5-3-2-4-6-9;/h2-6,8,10H,7H2,1H3,(H,13,14);/q;+1/p-1/t8-,10-,12?;/m0./s1. The van der Waals surface area contributed by atoms with Crippen molar-refractivity contribution in [2.75, 3.05) is 0 Å². The number of rotatable bonds is 3. The van der Waals surface area contributed by atoms with E-state index in [0.717, 1.165) is 5.56 Å². The molecule has 15 heavy (non-hydrogen) atoms. The molecule has 4 heteroatoms. The van der Waals surface area contributed by atoms with Crippen molar-refractivity contribution in [1.29, 1.82) is 0 Å². The topological polar surface area (TPSA) is 43.1 Å². The van der Waals surface area contributed by atoms with E-state index in [1.807, 2.05) is 42.2 Å². The van der Waals surface area contributed by atoms with Gasteiger partial charge < -0.3 is 9.90 Å². The number of carbonyl (C=O) groups excluding carboxylic acids is 1. The average molecular weight is 213 g/mol. The summed E-state index contributed by atoms with van der Waals surface area (Å²) in [4.78, 5) is 12.5. The molecule has 0 bridgehead atoms. The summed E-state index contributed by atoms with van der Waals surface area (Å²) in [6.07, 6.45) is 0. The maximum absolute atomic E-state index is 10.6. The van der Waals surface area contributed by atoms with E-state index in [0.29, 0.717) is 6.54 Å². The maximum atomic E-state index is 10.6. The third kappa shape index (κ3) is 2.82. The quantitative estimate of drug-likeness (QED) is 0.397. The van der Waals surface area contributed by atoms with Gasteiger partial charge in [-0.2, -0.15) is 0 Å². The molecule has 2 rings (SSSR count). The number of carbonyl (C=O) groups is 1. The van der Waals surface area contributed by atoms with Crippen molar-refractivity contribution < 1.29 is 39.5 Å². The number of nitrogens with zero attached hydrogens (tertiary/aromatic N) is 1. The first-order chi connectivity index (χ1) is 6.70. The van der Waals surface area contributed by atoms with Gasteiger partial charge in [0.05, 0.1) is 12.0 Å². The summed E-state index contributed by atoms with van der Waals surface area (Å²) in [5.41, 5.74) is 1.14. The van der Waals surface area contributed by atoms with E-state index in [1.165, 1.54) is 0 Å². The molecule has 1 aliphatic heterocycles. The van der Waals surface area contributed by atoms with Crippen LogP contribution in [0.2, 0.25) is 0 Å². The Morgan fingerprint density at radius 2 is 2.00 bits per heavy atom. The fraction of sp³-hybridized carbons (Fsp3) is 0.364. The summed E-state index contributed by atoms with van der Waals surface area (Å²) in [6, 6.07) is 9.57. The molecule has 3 nitrogen and oxygen atoms in total. The van der Waals surface area contributed by atoms with Crippen LogP contribution in [-0.2, 0) is 11.3 Å². The van der Waals surface area contributed by atoms with Gasteiger partial charge in [-0.25, -0.2) is 0 Å². The molecule has 0 radical (unpaired) electrons. The number of hydrogen-bond donors (Lipinski definition) is 0. The van der Waals surface area contributed by atoms with Crippen molar-refractivity contribution in [2.45, 2.75) is 25.6 Å². The third-order valence-electron chi connectivity index (χ3n) is 2.70. The van der Waals surface area contributed by atoms with Gasteiger partial charge in [-0.1, -0.05) is 30.3 Å². The molecule has 1 unspecified atom stereocenters. The number of hydrogen-bond acceptors (Lipinski definition) is 3. The van der Waals surface area contributed by atoms with Crippen LogP contribution in [0.15, 0.2) is 30.3 Å². The summed E-state index contributed by atoms with van der Waals surface area (Å²) in [5, 5.41) is 10.6. The molecule has 0 spiro atoms. The number of carboxylic acid groups (broad SMARTS) is 1. The monoisotopic (exact) mass is 213 g/mol. The summed E-state index contributed by atoms with van der Waals surface area (Å²) in [7, 11) is 0. The van der Waals surface area contributed by atoms with Crippen LogP contribution in [0.3, 0.4) is 0 Å². The molecule has 0 N–H and O–H groups in total. The Morgan fingerprint density at radius 3 is 2.47 bits per heavy atom.